The minimum Gasteiger partial charge on any atom is -0.457 e. The van der Waals surface area contributed by atoms with E-state index in [2.05, 4.69) is 20.6 Å². The largest absolute Gasteiger partial charge is 0.457 e. The second-order valence-electron chi connectivity index (χ2n) is 7.37. The fourth-order valence-electron chi connectivity index (χ4n) is 3.45. The lowest BCUT2D eigenvalue weighted by molar-refractivity contribution is 0.483. The highest BCUT2D eigenvalue weighted by molar-refractivity contribution is 5.76. The molecule has 2 aromatic heterocycles. The molecule has 6 aromatic rings. The van der Waals surface area contributed by atoms with Crippen molar-refractivity contribution in [2.75, 3.05) is 10.6 Å². The lowest BCUT2D eigenvalue weighted by Crippen LogP contribution is -1.91. The van der Waals surface area contributed by atoms with Gasteiger partial charge >= 0.3 is 0 Å². The van der Waals surface area contributed by atoms with Crippen LogP contribution in [0.2, 0.25) is 0 Å². The molecule has 0 radical (unpaired) electrons. The average molecular weight is 434 g/mol. The fraction of sp³-hybridized carbons (Fsp3) is 0. The third kappa shape index (κ3) is 4.07. The summed E-state index contributed by atoms with van der Waals surface area (Å²) in [7, 11) is 0. The highest BCUT2D eigenvalue weighted by Crippen LogP contribution is 2.28. The summed E-state index contributed by atoms with van der Waals surface area (Å²) in [4.78, 5) is 8.85. The molecule has 0 aliphatic carbocycles. The first-order chi connectivity index (χ1) is 16.3. The van der Waals surface area contributed by atoms with E-state index in [0.717, 1.165) is 45.1 Å². The van der Waals surface area contributed by atoms with Crippen LogP contribution in [0.4, 0.5) is 23.4 Å². The van der Waals surface area contributed by atoms with Crippen LogP contribution in [-0.4, -0.2) is 9.97 Å². The molecular weight excluding hydrogens is 416 g/mol. The number of nitrogens with one attached hydrogen (secondary N) is 2. The Labute approximate surface area is 188 Å². The van der Waals surface area contributed by atoms with Crippen LogP contribution < -0.4 is 15.4 Å². The van der Waals surface area contributed by atoms with Gasteiger partial charge in [-0.2, -0.15) is 9.97 Å². The highest BCUT2D eigenvalue weighted by Gasteiger charge is 2.07. The van der Waals surface area contributed by atoms with Crippen molar-refractivity contribution in [3.63, 3.8) is 0 Å². The molecule has 160 valence electrons. The summed E-state index contributed by atoms with van der Waals surface area (Å²) in [5.74, 6) is 1.44. The number of hydrogen-bond acceptors (Lipinski definition) is 7. The van der Waals surface area contributed by atoms with Gasteiger partial charge in [0, 0.05) is 11.4 Å². The molecule has 0 aliphatic heterocycles. The SMILES string of the molecule is c1ccc2oc(Nc3ccc(Oc4ccc(Nc5nc6ccccc6o5)cc4)cc3)nc2c1. The Balaban J connectivity index is 1.10. The Morgan fingerprint density at radius 1 is 0.515 bits per heavy atom. The maximum atomic E-state index is 5.95. The van der Waals surface area contributed by atoms with Crippen molar-refractivity contribution < 1.29 is 13.6 Å². The molecule has 2 heterocycles. The van der Waals surface area contributed by atoms with Gasteiger partial charge < -0.3 is 24.2 Å². The minimum absolute atomic E-state index is 0.451. The van der Waals surface area contributed by atoms with E-state index in [0.29, 0.717) is 12.0 Å². The number of aromatic nitrogens is 2. The maximum absolute atomic E-state index is 5.95. The van der Waals surface area contributed by atoms with Crippen LogP contribution in [0, 0.1) is 0 Å². The molecule has 33 heavy (non-hydrogen) atoms. The molecule has 4 aromatic carbocycles. The van der Waals surface area contributed by atoms with E-state index >= 15 is 0 Å². The number of hydrogen-bond donors (Lipinski definition) is 2. The molecule has 0 aliphatic rings. The van der Waals surface area contributed by atoms with Crippen molar-refractivity contribution in [3.05, 3.63) is 97.1 Å². The molecule has 2 N–H and O–H groups in total. The molecule has 0 saturated heterocycles. The maximum Gasteiger partial charge on any atom is 0.300 e. The van der Waals surface area contributed by atoms with Crippen molar-refractivity contribution in [2.24, 2.45) is 0 Å². The van der Waals surface area contributed by atoms with Gasteiger partial charge in [0.15, 0.2) is 11.2 Å². The highest BCUT2D eigenvalue weighted by atomic mass is 16.5. The van der Waals surface area contributed by atoms with Gasteiger partial charge in [0.2, 0.25) is 0 Å². The van der Waals surface area contributed by atoms with E-state index < -0.39 is 0 Å². The third-order valence-corrected chi connectivity index (χ3v) is 5.03. The minimum atomic E-state index is 0.451. The number of oxazole rings is 2. The van der Waals surface area contributed by atoms with Crippen LogP contribution in [0.5, 0.6) is 11.5 Å². The molecular formula is C26H18N4O3. The van der Waals surface area contributed by atoms with Gasteiger partial charge in [-0.15, -0.1) is 0 Å². The number of rotatable bonds is 6. The Morgan fingerprint density at radius 3 is 1.36 bits per heavy atom. The standard InChI is InChI=1S/C26H18N4O3/c1-3-7-23-21(5-1)29-25(32-23)27-17-9-13-19(14-10-17)31-20-15-11-18(12-16-20)28-26-30-22-6-2-4-8-24(22)33-26/h1-16H,(H,27,29)(H,28,30). The summed E-state index contributed by atoms with van der Waals surface area (Å²) in [6.45, 7) is 0. The smallest absolute Gasteiger partial charge is 0.300 e. The van der Waals surface area contributed by atoms with Crippen molar-refractivity contribution in [1.82, 2.24) is 9.97 Å². The Kier molecular flexibility index (Phi) is 4.62. The van der Waals surface area contributed by atoms with Gasteiger partial charge in [0.1, 0.15) is 22.5 Å². The molecule has 0 unspecified atom stereocenters. The van der Waals surface area contributed by atoms with Crippen LogP contribution >= 0.6 is 0 Å². The van der Waals surface area contributed by atoms with Crippen molar-refractivity contribution in [2.45, 2.75) is 0 Å². The Morgan fingerprint density at radius 2 is 0.939 bits per heavy atom. The Bertz CT molecular complexity index is 1350. The normalized spacial score (nSPS) is 11.0. The molecule has 0 spiro atoms. The average Bonchev–Trinajstić information content (AvgIpc) is 3.44. The van der Waals surface area contributed by atoms with Gasteiger partial charge in [-0.05, 0) is 72.8 Å². The van der Waals surface area contributed by atoms with E-state index in [1.165, 1.54) is 0 Å². The quantitative estimate of drug-likeness (QED) is 0.285. The summed E-state index contributed by atoms with van der Waals surface area (Å²) >= 11 is 0. The molecule has 7 heteroatoms. The van der Waals surface area contributed by atoms with Crippen LogP contribution in [-0.2, 0) is 0 Å². The second-order valence-corrected chi connectivity index (χ2v) is 7.37. The van der Waals surface area contributed by atoms with Crippen LogP contribution in [0.15, 0.2) is 106 Å². The lowest BCUT2D eigenvalue weighted by atomic mass is 10.3. The second kappa shape index (κ2) is 8.05. The number of benzene rings is 4. The topological polar surface area (TPSA) is 85.4 Å². The van der Waals surface area contributed by atoms with Gasteiger partial charge in [0.05, 0.1) is 0 Å². The van der Waals surface area contributed by atoms with Crippen LogP contribution in [0.3, 0.4) is 0 Å². The summed E-state index contributed by atoms with van der Waals surface area (Å²) in [6.07, 6.45) is 0. The van der Waals surface area contributed by atoms with Gasteiger partial charge in [-0.25, -0.2) is 0 Å². The zero-order chi connectivity index (χ0) is 22.0. The fourth-order valence-corrected chi connectivity index (χ4v) is 3.45. The molecule has 0 amide bonds. The summed E-state index contributed by atoms with van der Waals surface area (Å²) in [5, 5.41) is 6.34. The molecule has 0 bridgehead atoms. The van der Waals surface area contributed by atoms with E-state index in [1.807, 2.05) is 97.1 Å². The first-order valence-corrected chi connectivity index (χ1v) is 10.4. The van der Waals surface area contributed by atoms with E-state index in [4.69, 9.17) is 13.6 Å². The van der Waals surface area contributed by atoms with E-state index in [9.17, 15) is 0 Å². The first kappa shape index (κ1) is 18.9. The summed E-state index contributed by atoms with van der Waals surface area (Å²) in [5.41, 5.74) is 4.82. The number of fused-ring (bicyclic) bond motifs is 2. The predicted molar refractivity (Wildman–Crippen MR) is 128 cm³/mol. The summed E-state index contributed by atoms with van der Waals surface area (Å²) in [6, 6.07) is 31.4. The van der Waals surface area contributed by atoms with Crippen LogP contribution in [0.1, 0.15) is 0 Å². The van der Waals surface area contributed by atoms with E-state index in [1.54, 1.807) is 0 Å². The zero-order valence-corrected chi connectivity index (χ0v) is 17.4. The van der Waals surface area contributed by atoms with Gasteiger partial charge in [-0.1, -0.05) is 24.3 Å². The molecule has 6 rings (SSSR count). The monoisotopic (exact) mass is 434 g/mol. The third-order valence-electron chi connectivity index (χ3n) is 5.03. The van der Waals surface area contributed by atoms with Gasteiger partial charge in [0.25, 0.3) is 12.0 Å². The van der Waals surface area contributed by atoms with Gasteiger partial charge in [-0.3, -0.25) is 0 Å². The zero-order valence-electron chi connectivity index (χ0n) is 17.4. The molecule has 0 atom stereocenters. The number of para-hydroxylation sites is 4. The summed E-state index contributed by atoms with van der Waals surface area (Å²) < 4.78 is 17.3. The van der Waals surface area contributed by atoms with E-state index in [-0.39, 0.29) is 0 Å². The molecule has 0 fully saturated rings. The predicted octanol–water partition coefficient (Wildman–Crippen LogP) is 7.25. The Hall–Kier alpha value is -4.78. The first-order valence-electron chi connectivity index (χ1n) is 10.4. The number of nitrogens with zero attached hydrogens (tertiary/aromatic N) is 2. The molecule has 0 saturated carbocycles. The van der Waals surface area contributed by atoms with Crippen molar-refractivity contribution >= 4 is 45.6 Å². The van der Waals surface area contributed by atoms with Crippen LogP contribution in [0.25, 0.3) is 22.2 Å². The number of anilines is 4. The van der Waals surface area contributed by atoms with Crippen molar-refractivity contribution in [1.29, 1.82) is 0 Å². The lowest BCUT2D eigenvalue weighted by Gasteiger charge is -2.08. The number of ether oxygens (including phenoxy) is 1. The van der Waals surface area contributed by atoms with Crippen molar-refractivity contribution in [3.8, 4) is 11.5 Å². The molecule has 7 nitrogen and oxygen atoms in total.